The molecule has 0 bridgehead atoms. The molecule has 1 aromatic rings. The minimum absolute atomic E-state index is 0.0421. The fourth-order valence-corrected chi connectivity index (χ4v) is 4.50. The summed E-state index contributed by atoms with van der Waals surface area (Å²) in [6.07, 6.45) is 2.50. The van der Waals surface area contributed by atoms with E-state index in [-0.39, 0.29) is 17.7 Å². The Morgan fingerprint density at radius 1 is 1.07 bits per heavy atom. The van der Waals surface area contributed by atoms with E-state index in [9.17, 15) is 9.59 Å². The highest BCUT2D eigenvalue weighted by molar-refractivity contribution is 5.98. The lowest BCUT2D eigenvalue weighted by Crippen LogP contribution is -2.59. The Hall–Kier alpha value is -1.92. The third-order valence-electron chi connectivity index (χ3n) is 6.35. The number of piperazine rings is 1. The number of carbonyl (C=O) groups is 2. The molecule has 0 radical (unpaired) electrons. The van der Waals surface area contributed by atoms with Gasteiger partial charge in [-0.25, -0.2) is 0 Å². The van der Waals surface area contributed by atoms with Crippen molar-refractivity contribution in [3.05, 3.63) is 35.4 Å². The van der Waals surface area contributed by atoms with Gasteiger partial charge in [-0.2, -0.15) is 0 Å². The van der Waals surface area contributed by atoms with Crippen LogP contribution in [0.15, 0.2) is 24.3 Å². The molecule has 1 N–H and O–H groups in total. The van der Waals surface area contributed by atoms with Crippen molar-refractivity contribution in [2.24, 2.45) is 5.92 Å². The average molecular weight is 401 g/mol. The third kappa shape index (κ3) is 5.37. The van der Waals surface area contributed by atoms with Crippen LogP contribution in [-0.2, 0) is 4.79 Å². The van der Waals surface area contributed by atoms with Crippen molar-refractivity contribution >= 4 is 11.8 Å². The SMILES string of the molecule is Cc1ccccc1C(=O)NC(C(=O)N1CCN(C2CCCN(C)C2)CC1)C(C)C. The molecule has 2 atom stereocenters. The van der Waals surface area contributed by atoms with E-state index in [4.69, 9.17) is 0 Å². The minimum Gasteiger partial charge on any atom is -0.340 e. The summed E-state index contributed by atoms with van der Waals surface area (Å²) in [4.78, 5) is 32.9. The molecule has 160 valence electrons. The Labute approximate surface area is 175 Å². The number of amides is 2. The van der Waals surface area contributed by atoms with Gasteiger partial charge in [0.25, 0.3) is 5.91 Å². The Bertz CT molecular complexity index is 713. The molecule has 1 aromatic carbocycles. The molecule has 2 aliphatic rings. The fourth-order valence-electron chi connectivity index (χ4n) is 4.50. The van der Waals surface area contributed by atoms with Crippen LogP contribution in [-0.4, -0.2) is 84.9 Å². The van der Waals surface area contributed by atoms with Crippen molar-refractivity contribution in [3.63, 3.8) is 0 Å². The lowest BCUT2D eigenvalue weighted by Gasteiger charge is -2.43. The van der Waals surface area contributed by atoms with Crippen molar-refractivity contribution < 1.29 is 9.59 Å². The quantitative estimate of drug-likeness (QED) is 0.821. The van der Waals surface area contributed by atoms with Crippen molar-refractivity contribution in [1.29, 1.82) is 0 Å². The summed E-state index contributed by atoms with van der Waals surface area (Å²) in [5.74, 6) is -0.0816. The number of nitrogens with one attached hydrogen (secondary N) is 1. The Morgan fingerprint density at radius 3 is 2.38 bits per heavy atom. The zero-order valence-electron chi connectivity index (χ0n) is 18.4. The third-order valence-corrected chi connectivity index (χ3v) is 6.35. The lowest BCUT2D eigenvalue weighted by atomic mass is 10.00. The zero-order chi connectivity index (χ0) is 21.0. The highest BCUT2D eigenvalue weighted by Gasteiger charge is 2.33. The molecule has 0 aliphatic carbocycles. The second kappa shape index (κ2) is 9.72. The van der Waals surface area contributed by atoms with Gasteiger partial charge in [0, 0.05) is 44.3 Å². The number of benzene rings is 1. The molecule has 2 saturated heterocycles. The molecule has 2 amide bonds. The number of aryl methyl sites for hydroxylation is 1. The van der Waals surface area contributed by atoms with Gasteiger partial charge in [0.15, 0.2) is 0 Å². The highest BCUT2D eigenvalue weighted by Crippen LogP contribution is 2.18. The molecule has 0 spiro atoms. The van der Waals surface area contributed by atoms with Gasteiger partial charge in [-0.1, -0.05) is 32.0 Å². The number of nitrogens with zero attached hydrogens (tertiary/aromatic N) is 3. The van der Waals surface area contributed by atoms with E-state index in [1.165, 1.54) is 19.4 Å². The standard InChI is InChI=1S/C23H36N4O2/c1-17(2)21(24-22(28)20-10-6-5-8-18(20)3)23(29)27-14-12-26(13-15-27)19-9-7-11-25(4)16-19/h5-6,8,10,17,19,21H,7,9,11-16H2,1-4H3,(H,24,28). The number of likely N-dealkylation sites (N-methyl/N-ethyl adjacent to an activating group) is 1. The van der Waals surface area contributed by atoms with Crippen molar-refractivity contribution in [3.8, 4) is 0 Å². The van der Waals surface area contributed by atoms with Crippen LogP contribution in [0.25, 0.3) is 0 Å². The molecule has 2 heterocycles. The summed E-state index contributed by atoms with van der Waals surface area (Å²) in [5.41, 5.74) is 1.56. The molecule has 2 aliphatic heterocycles. The molecule has 6 heteroatoms. The fraction of sp³-hybridized carbons (Fsp3) is 0.652. The lowest BCUT2D eigenvalue weighted by molar-refractivity contribution is -0.136. The topological polar surface area (TPSA) is 55.9 Å². The smallest absolute Gasteiger partial charge is 0.252 e. The first-order chi connectivity index (χ1) is 13.9. The number of likely N-dealkylation sites (tertiary alicyclic amines) is 1. The molecular weight excluding hydrogens is 364 g/mol. The Morgan fingerprint density at radius 2 is 1.76 bits per heavy atom. The number of hydrogen-bond donors (Lipinski definition) is 1. The minimum atomic E-state index is -0.491. The molecule has 6 nitrogen and oxygen atoms in total. The van der Waals surface area contributed by atoms with Gasteiger partial charge in [0.05, 0.1) is 0 Å². The summed E-state index contributed by atoms with van der Waals surface area (Å²) >= 11 is 0. The second-order valence-electron chi connectivity index (χ2n) is 8.93. The summed E-state index contributed by atoms with van der Waals surface area (Å²) in [6, 6.07) is 7.62. The van der Waals surface area contributed by atoms with Gasteiger partial charge in [0.1, 0.15) is 6.04 Å². The Kier molecular flexibility index (Phi) is 7.30. The van der Waals surface area contributed by atoms with E-state index in [0.29, 0.717) is 11.6 Å². The predicted molar refractivity (Wildman–Crippen MR) is 116 cm³/mol. The van der Waals surface area contributed by atoms with Gasteiger partial charge in [-0.05, 0) is 50.9 Å². The van der Waals surface area contributed by atoms with Crippen LogP contribution < -0.4 is 5.32 Å². The van der Waals surface area contributed by atoms with E-state index in [1.807, 2.05) is 49.9 Å². The Balaban J connectivity index is 1.58. The highest BCUT2D eigenvalue weighted by atomic mass is 16.2. The van der Waals surface area contributed by atoms with Crippen LogP contribution in [0.1, 0.15) is 42.6 Å². The van der Waals surface area contributed by atoms with Crippen LogP contribution in [0.3, 0.4) is 0 Å². The van der Waals surface area contributed by atoms with Crippen LogP contribution in [0, 0.1) is 12.8 Å². The summed E-state index contributed by atoms with van der Waals surface area (Å²) in [5, 5.41) is 3.00. The normalized spacial score (nSPS) is 22.5. The molecule has 0 aromatic heterocycles. The molecule has 0 saturated carbocycles. The predicted octanol–water partition coefficient (Wildman–Crippen LogP) is 1.99. The monoisotopic (exact) mass is 400 g/mol. The average Bonchev–Trinajstić information content (AvgIpc) is 2.71. The molecule has 3 rings (SSSR count). The van der Waals surface area contributed by atoms with E-state index >= 15 is 0 Å². The van der Waals surface area contributed by atoms with Gasteiger partial charge < -0.3 is 15.1 Å². The molecule has 2 unspecified atom stereocenters. The number of piperidine rings is 1. The van der Waals surface area contributed by atoms with Crippen LogP contribution in [0.4, 0.5) is 0 Å². The van der Waals surface area contributed by atoms with Gasteiger partial charge >= 0.3 is 0 Å². The maximum Gasteiger partial charge on any atom is 0.252 e. The molecule has 2 fully saturated rings. The van der Waals surface area contributed by atoms with Gasteiger partial charge in [-0.3, -0.25) is 14.5 Å². The van der Waals surface area contributed by atoms with Crippen LogP contribution in [0.2, 0.25) is 0 Å². The zero-order valence-corrected chi connectivity index (χ0v) is 18.4. The number of carbonyl (C=O) groups excluding carboxylic acids is 2. The summed E-state index contributed by atoms with van der Waals surface area (Å²) < 4.78 is 0. The van der Waals surface area contributed by atoms with E-state index < -0.39 is 6.04 Å². The van der Waals surface area contributed by atoms with E-state index in [0.717, 1.165) is 38.3 Å². The van der Waals surface area contributed by atoms with Gasteiger partial charge in [-0.15, -0.1) is 0 Å². The van der Waals surface area contributed by atoms with Crippen molar-refractivity contribution in [2.75, 3.05) is 46.3 Å². The maximum atomic E-state index is 13.2. The van der Waals surface area contributed by atoms with Crippen molar-refractivity contribution in [2.45, 2.75) is 45.7 Å². The number of hydrogen-bond acceptors (Lipinski definition) is 4. The number of rotatable bonds is 5. The summed E-state index contributed by atoms with van der Waals surface area (Å²) in [7, 11) is 2.19. The van der Waals surface area contributed by atoms with E-state index in [1.54, 1.807) is 0 Å². The van der Waals surface area contributed by atoms with Gasteiger partial charge in [0.2, 0.25) is 5.91 Å². The first-order valence-corrected chi connectivity index (χ1v) is 10.9. The van der Waals surface area contributed by atoms with Crippen molar-refractivity contribution in [1.82, 2.24) is 20.0 Å². The molecule has 29 heavy (non-hydrogen) atoms. The first kappa shape index (κ1) is 21.8. The largest absolute Gasteiger partial charge is 0.340 e. The van der Waals surface area contributed by atoms with E-state index in [2.05, 4.69) is 22.2 Å². The first-order valence-electron chi connectivity index (χ1n) is 10.9. The maximum absolute atomic E-state index is 13.2. The summed E-state index contributed by atoms with van der Waals surface area (Å²) in [6.45, 7) is 11.5. The molecular formula is C23H36N4O2. The van der Waals surface area contributed by atoms with Crippen LogP contribution in [0.5, 0.6) is 0 Å². The van der Waals surface area contributed by atoms with Crippen LogP contribution >= 0.6 is 0 Å². The second-order valence-corrected chi connectivity index (χ2v) is 8.93.